The van der Waals surface area contributed by atoms with Gasteiger partial charge in [0.1, 0.15) is 19.0 Å². The largest absolute Gasteiger partial charge is 0.490 e. The molecule has 0 heterocycles. The van der Waals surface area contributed by atoms with Gasteiger partial charge in [-0.3, -0.25) is 9.59 Å². The van der Waals surface area contributed by atoms with E-state index in [1.165, 1.54) is 25.7 Å². The molecule has 1 aromatic rings. The summed E-state index contributed by atoms with van der Waals surface area (Å²) in [5.41, 5.74) is 0. The molecule has 0 N–H and O–H groups in total. The van der Waals surface area contributed by atoms with Gasteiger partial charge in [0.15, 0.2) is 0 Å². The minimum atomic E-state index is -0.321. The van der Waals surface area contributed by atoms with Gasteiger partial charge in [-0.15, -0.1) is 0 Å². The van der Waals surface area contributed by atoms with Gasteiger partial charge in [0.05, 0.1) is 6.61 Å². The molecule has 0 saturated heterocycles. The molecule has 1 rings (SSSR count). The van der Waals surface area contributed by atoms with Crippen molar-refractivity contribution < 1.29 is 23.8 Å². The quantitative estimate of drug-likeness (QED) is 0.267. The van der Waals surface area contributed by atoms with Gasteiger partial charge in [-0.1, -0.05) is 55.0 Å². The zero-order valence-electron chi connectivity index (χ0n) is 16.2. The molecule has 0 fully saturated rings. The van der Waals surface area contributed by atoms with Gasteiger partial charge in [0.25, 0.3) is 0 Å². The maximum absolute atomic E-state index is 11.6. The molecule has 0 aromatic heterocycles. The first-order chi connectivity index (χ1) is 13.1. The lowest BCUT2D eigenvalue weighted by molar-refractivity contribution is -0.146. The first-order valence-corrected chi connectivity index (χ1v) is 10.6. The van der Waals surface area contributed by atoms with Gasteiger partial charge in [-0.2, -0.15) is 0 Å². The fourth-order valence-corrected chi connectivity index (χ4v) is 2.70. The Kier molecular flexibility index (Phi) is 13.5. The second-order valence-corrected chi connectivity index (χ2v) is 7.28. The molecule has 1 aromatic carbocycles. The zero-order chi connectivity index (χ0) is 19.7. The SMILES string of the molecule is CCCCCCCCOC(=O)CCCC(=O)OCCOc1ccc(Br)cc1. The number of rotatable bonds is 15. The van der Waals surface area contributed by atoms with Crippen LogP contribution in [0.2, 0.25) is 0 Å². The van der Waals surface area contributed by atoms with E-state index in [2.05, 4.69) is 22.9 Å². The van der Waals surface area contributed by atoms with Gasteiger partial charge >= 0.3 is 11.9 Å². The number of carbonyl (C=O) groups excluding carboxylic acids is 2. The first-order valence-electron chi connectivity index (χ1n) is 9.81. The van der Waals surface area contributed by atoms with Crippen molar-refractivity contribution in [2.24, 2.45) is 0 Å². The van der Waals surface area contributed by atoms with Crippen molar-refractivity contribution in [2.45, 2.75) is 64.7 Å². The lowest BCUT2D eigenvalue weighted by Crippen LogP contribution is -2.13. The van der Waals surface area contributed by atoms with Gasteiger partial charge < -0.3 is 14.2 Å². The van der Waals surface area contributed by atoms with Crippen molar-refractivity contribution in [2.75, 3.05) is 19.8 Å². The predicted octanol–water partition coefficient (Wildman–Crippen LogP) is 5.45. The summed E-state index contributed by atoms with van der Waals surface area (Å²) in [6.45, 7) is 3.16. The van der Waals surface area contributed by atoms with Crippen LogP contribution >= 0.6 is 15.9 Å². The molecule has 0 saturated carbocycles. The Hall–Kier alpha value is -1.56. The van der Waals surface area contributed by atoms with E-state index in [1.54, 1.807) is 0 Å². The van der Waals surface area contributed by atoms with Crippen LogP contribution in [0.1, 0.15) is 64.7 Å². The highest BCUT2D eigenvalue weighted by Gasteiger charge is 2.07. The topological polar surface area (TPSA) is 61.8 Å². The minimum absolute atomic E-state index is 0.192. The molecular weight excluding hydrogens is 412 g/mol. The number of carbonyl (C=O) groups is 2. The summed E-state index contributed by atoms with van der Waals surface area (Å²) < 4.78 is 16.7. The van der Waals surface area contributed by atoms with Crippen molar-refractivity contribution in [1.82, 2.24) is 0 Å². The van der Waals surface area contributed by atoms with Crippen LogP contribution in [0, 0.1) is 0 Å². The van der Waals surface area contributed by atoms with Gasteiger partial charge in [-0.25, -0.2) is 0 Å². The van der Waals surface area contributed by atoms with E-state index in [9.17, 15) is 9.59 Å². The lowest BCUT2D eigenvalue weighted by Gasteiger charge is -2.08. The maximum atomic E-state index is 11.6. The smallest absolute Gasteiger partial charge is 0.305 e. The van der Waals surface area contributed by atoms with Crippen molar-refractivity contribution in [3.05, 3.63) is 28.7 Å². The molecule has 0 unspecified atom stereocenters. The Morgan fingerprint density at radius 1 is 0.778 bits per heavy atom. The summed E-state index contributed by atoms with van der Waals surface area (Å²) in [6.07, 6.45) is 7.87. The zero-order valence-corrected chi connectivity index (χ0v) is 17.8. The fraction of sp³-hybridized carbons (Fsp3) is 0.619. The van der Waals surface area contributed by atoms with Crippen molar-refractivity contribution in [3.63, 3.8) is 0 Å². The van der Waals surface area contributed by atoms with E-state index in [-0.39, 0.29) is 31.4 Å². The summed E-state index contributed by atoms with van der Waals surface area (Å²) >= 11 is 3.35. The van der Waals surface area contributed by atoms with E-state index in [4.69, 9.17) is 14.2 Å². The van der Waals surface area contributed by atoms with Crippen LogP contribution < -0.4 is 4.74 Å². The van der Waals surface area contributed by atoms with E-state index in [1.807, 2.05) is 24.3 Å². The van der Waals surface area contributed by atoms with Crippen LogP contribution in [0.5, 0.6) is 5.75 Å². The standard InChI is InChI=1S/C21H31BrO5/c1-2-3-4-5-6-7-15-26-20(23)9-8-10-21(24)27-17-16-25-19-13-11-18(22)12-14-19/h11-14H,2-10,15-17H2,1H3. The highest BCUT2D eigenvalue weighted by molar-refractivity contribution is 9.10. The average Bonchev–Trinajstić information content (AvgIpc) is 2.66. The molecule has 0 amide bonds. The van der Waals surface area contributed by atoms with E-state index in [0.29, 0.717) is 19.6 Å². The van der Waals surface area contributed by atoms with Crippen LogP contribution in [0.15, 0.2) is 28.7 Å². The van der Waals surface area contributed by atoms with Gasteiger partial charge in [0.2, 0.25) is 0 Å². The molecule has 5 nitrogen and oxygen atoms in total. The third-order valence-corrected chi connectivity index (χ3v) is 4.48. The van der Waals surface area contributed by atoms with E-state index >= 15 is 0 Å². The molecule has 152 valence electrons. The Labute approximate surface area is 170 Å². The highest BCUT2D eigenvalue weighted by atomic mass is 79.9. The molecule has 0 aliphatic heterocycles. The molecule has 0 bridgehead atoms. The summed E-state index contributed by atoms with van der Waals surface area (Å²) in [4.78, 5) is 23.2. The Morgan fingerprint density at radius 2 is 1.37 bits per heavy atom. The molecule has 0 spiro atoms. The van der Waals surface area contributed by atoms with Gasteiger partial charge in [0, 0.05) is 17.3 Å². The van der Waals surface area contributed by atoms with Crippen LogP contribution in [0.25, 0.3) is 0 Å². The predicted molar refractivity (Wildman–Crippen MR) is 109 cm³/mol. The van der Waals surface area contributed by atoms with Crippen molar-refractivity contribution in [1.29, 1.82) is 0 Å². The minimum Gasteiger partial charge on any atom is -0.490 e. The van der Waals surface area contributed by atoms with Crippen LogP contribution in [-0.4, -0.2) is 31.8 Å². The molecule has 0 aliphatic rings. The highest BCUT2D eigenvalue weighted by Crippen LogP contribution is 2.15. The second kappa shape index (κ2) is 15.5. The number of hydrogen-bond acceptors (Lipinski definition) is 5. The normalized spacial score (nSPS) is 10.4. The van der Waals surface area contributed by atoms with Crippen LogP contribution in [0.4, 0.5) is 0 Å². The number of ether oxygens (including phenoxy) is 3. The molecule has 27 heavy (non-hydrogen) atoms. The molecule has 6 heteroatoms. The Morgan fingerprint density at radius 3 is 2.04 bits per heavy atom. The van der Waals surface area contributed by atoms with Crippen molar-refractivity contribution in [3.8, 4) is 5.75 Å². The summed E-state index contributed by atoms with van der Waals surface area (Å²) in [7, 11) is 0. The number of esters is 2. The Bertz CT molecular complexity index is 530. The van der Waals surface area contributed by atoms with Gasteiger partial charge in [-0.05, 0) is 37.1 Å². The molecule has 0 radical (unpaired) electrons. The van der Waals surface area contributed by atoms with Crippen molar-refractivity contribution >= 4 is 27.9 Å². The molecule has 0 atom stereocenters. The number of hydrogen-bond donors (Lipinski definition) is 0. The van der Waals surface area contributed by atoms with E-state index in [0.717, 1.165) is 23.1 Å². The number of benzene rings is 1. The average molecular weight is 443 g/mol. The second-order valence-electron chi connectivity index (χ2n) is 6.36. The Balaban J connectivity index is 1.93. The molecular formula is C21H31BrO5. The number of unbranched alkanes of at least 4 members (excludes halogenated alkanes) is 5. The van der Waals surface area contributed by atoms with Crippen LogP contribution in [0.3, 0.4) is 0 Å². The lowest BCUT2D eigenvalue weighted by atomic mass is 10.1. The van der Waals surface area contributed by atoms with E-state index < -0.39 is 0 Å². The third-order valence-electron chi connectivity index (χ3n) is 3.95. The monoisotopic (exact) mass is 442 g/mol. The number of halogens is 1. The molecule has 0 aliphatic carbocycles. The first kappa shape index (κ1) is 23.5. The summed E-state index contributed by atoms with van der Waals surface area (Å²) in [5, 5.41) is 0. The summed E-state index contributed by atoms with van der Waals surface area (Å²) in [6, 6.07) is 7.44. The third kappa shape index (κ3) is 13.3. The summed E-state index contributed by atoms with van der Waals surface area (Å²) in [5.74, 6) is 0.162. The fourth-order valence-electron chi connectivity index (χ4n) is 2.44. The maximum Gasteiger partial charge on any atom is 0.305 e. The van der Waals surface area contributed by atoms with Crippen LogP contribution in [-0.2, 0) is 19.1 Å².